The van der Waals surface area contributed by atoms with E-state index in [1.807, 2.05) is 18.2 Å². The summed E-state index contributed by atoms with van der Waals surface area (Å²) < 4.78 is 12.7. The largest absolute Gasteiger partial charge is 0.480 e. The Kier molecular flexibility index (Phi) is 5.24. The predicted octanol–water partition coefficient (Wildman–Crippen LogP) is 2.84. The zero-order valence-electron chi connectivity index (χ0n) is 10.6. The van der Waals surface area contributed by atoms with Crippen LogP contribution < -0.4 is 4.74 Å². The average Bonchev–Trinajstić information content (AvgIpc) is 2.42. The van der Waals surface area contributed by atoms with Crippen molar-refractivity contribution in [1.29, 1.82) is 0 Å². The summed E-state index contributed by atoms with van der Waals surface area (Å²) in [6.07, 6.45) is -0.504. The van der Waals surface area contributed by atoms with Gasteiger partial charge >= 0.3 is 0 Å². The molecule has 1 fully saturated rings. The van der Waals surface area contributed by atoms with Gasteiger partial charge in [-0.3, -0.25) is 4.79 Å². The molecule has 0 radical (unpaired) electrons. The van der Waals surface area contributed by atoms with Crippen LogP contribution in [0.4, 0.5) is 0 Å². The zero-order valence-corrected chi connectivity index (χ0v) is 13.7. The number of ether oxygens (including phenoxy) is 2. The van der Waals surface area contributed by atoms with Crippen LogP contribution in [-0.2, 0) is 9.53 Å². The van der Waals surface area contributed by atoms with Gasteiger partial charge in [-0.15, -0.1) is 0 Å². The average molecular weight is 393 g/mol. The molecule has 1 heterocycles. The molecule has 1 unspecified atom stereocenters. The van der Waals surface area contributed by atoms with E-state index in [2.05, 4.69) is 31.9 Å². The van der Waals surface area contributed by atoms with Crippen LogP contribution in [0, 0.1) is 0 Å². The fourth-order valence-electron chi connectivity index (χ4n) is 1.85. The Hall–Kier alpha value is -0.590. The first kappa shape index (κ1) is 14.8. The minimum Gasteiger partial charge on any atom is -0.480 e. The summed E-state index contributed by atoms with van der Waals surface area (Å²) in [4.78, 5) is 14.0. The second kappa shape index (κ2) is 6.72. The molecule has 0 N–H and O–H groups in total. The van der Waals surface area contributed by atoms with E-state index in [0.29, 0.717) is 32.1 Å². The van der Waals surface area contributed by atoms with Crippen LogP contribution in [0.5, 0.6) is 5.75 Å². The molecule has 104 valence electrons. The second-order valence-corrected chi connectivity index (χ2v) is 6.04. The van der Waals surface area contributed by atoms with Crippen LogP contribution in [-0.4, -0.2) is 43.2 Å². The normalized spacial score (nSPS) is 17.1. The molecule has 0 saturated carbocycles. The van der Waals surface area contributed by atoms with E-state index >= 15 is 0 Å². The van der Waals surface area contributed by atoms with Crippen molar-refractivity contribution in [3.05, 3.63) is 27.1 Å². The van der Waals surface area contributed by atoms with E-state index < -0.39 is 6.10 Å². The minimum atomic E-state index is -0.504. The number of carbonyl (C=O) groups excluding carboxylic acids is 1. The van der Waals surface area contributed by atoms with Gasteiger partial charge in [-0.05, 0) is 41.1 Å². The van der Waals surface area contributed by atoms with E-state index in [-0.39, 0.29) is 5.91 Å². The molecular weight excluding hydrogens is 378 g/mol. The summed E-state index contributed by atoms with van der Waals surface area (Å²) in [5, 5.41) is 0. The molecule has 1 amide bonds. The van der Waals surface area contributed by atoms with Crippen LogP contribution >= 0.6 is 31.9 Å². The maximum atomic E-state index is 12.2. The maximum absolute atomic E-state index is 12.2. The van der Waals surface area contributed by atoms with E-state index in [4.69, 9.17) is 9.47 Å². The van der Waals surface area contributed by atoms with Crippen molar-refractivity contribution in [3.63, 3.8) is 0 Å². The monoisotopic (exact) mass is 391 g/mol. The van der Waals surface area contributed by atoms with E-state index in [9.17, 15) is 4.79 Å². The highest BCUT2D eigenvalue weighted by molar-refractivity contribution is 9.11. The van der Waals surface area contributed by atoms with E-state index in [1.165, 1.54) is 0 Å². The molecule has 1 aliphatic heterocycles. The smallest absolute Gasteiger partial charge is 0.263 e. The van der Waals surface area contributed by atoms with E-state index in [1.54, 1.807) is 11.8 Å². The third kappa shape index (κ3) is 3.94. The molecular formula is C13H15Br2NO3. The maximum Gasteiger partial charge on any atom is 0.263 e. The van der Waals surface area contributed by atoms with Gasteiger partial charge in [-0.1, -0.05) is 15.9 Å². The van der Waals surface area contributed by atoms with Crippen molar-refractivity contribution in [2.45, 2.75) is 13.0 Å². The lowest BCUT2D eigenvalue weighted by molar-refractivity contribution is -0.142. The van der Waals surface area contributed by atoms with Crippen LogP contribution in [0.15, 0.2) is 27.1 Å². The van der Waals surface area contributed by atoms with Crippen molar-refractivity contribution in [2.75, 3.05) is 26.3 Å². The quantitative estimate of drug-likeness (QED) is 0.793. The molecule has 1 aliphatic rings. The highest BCUT2D eigenvalue weighted by Gasteiger charge is 2.24. The van der Waals surface area contributed by atoms with Crippen LogP contribution in [0.3, 0.4) is 0 Å². The molecule has 0 bridgehead atoms. The highest BCUT2D eigenvalue weighted by Crippen LogP contribution is 2.29. The molecule has 2 rings (SSSR count). The lowest BCUT2D eigenvalue weighted by atomic mass is 10.3. The Balaban J connectivity index is 1.99. The Bertz CT molecular complexity index is 461. The minimum absolute atomic E-state index is 0.00174. The van der Waals surface area contributed by atoms with Gasteiger partial charge in [0, 0.05) is 17.6 Å². The summed E-state index contributed by atoms with van der Waals surface area (Å²) in [5.41, 5.74) is 0. The number of benzene rings is 1. The Morgan fingerprint density at radius 2 is 2.05 bits per heavy atom. The number of carbonyl (C=O) groups is 1. The molecule has 0 spiro atoms. The van der Waals surface area contributed by atoms with Crippen molar-refractivity contribution in [3.8, 4) is 5.75 Å². The number of amides is 1. The fourth-order valence-corrected chi connectivity index (χ4v) is 2.99. The number of halogens is 2. The third-order valence-electron chi connectivity index (χ3n) is 2.87. The molecule has 19 heavy (non-hydrogen) atoms. The van der Waals surface area contributed by atoms with Gasteiger partial charge in [-0.25, -0.2) is 0 Å². The van der Waals surface area contributed by atoms with Crippen LogP contribution in [0.25, 0.3) is 0 Å². The first-order valence-corrected chi connectivity index (χ1v) is 7.65. The first-order valence-electron chi connectivity index (χ1n) is 6.06. The van der Waals surface area contributed by atoms with Crippen molar-refractivity contribution in [2.24, 2.45) is 0 Å². The van der Waals surface area contributed by atoms with Crippen molar-refractivity contribution < 1.29 is 14.3 Å². The van der Waals surface area contributed by atoms with Crippen molar-refractivity contribution >= 4 is 37.8 Å². The number of morpholine rings is 1. The summed E-state index contributed by atoms with van der Waals surface area (Å²) in [7, 11) is 0. The fraction of sp³-hybridized carbons (Fsp3) is 0.462. The summed E-state index contributed by atoms with van der Waals surface area (Å²) in [6, 6.07) is 5.60. The standard InChI is InChI=1S/C13H15Br2NO3/c1-9(13(17)16-4-6-18-7-5-16)19-12-3-2-10(14)8-11(12)15/h2-3,8-9H,4-7H2,1H3. The SMILES string of the molecule is CC(Oc1ccc(Br)cc1Br)C(=O)N1CCOCC1. The van der Waals surface area contributed by atoms with Crippen LogP contribution in [0.2, 0.25) is 0 Å². The lowest BCUT2D eigenvalue weighted by Crippen LogP contribution is -2.46. The number of hydrogen-bond acceptors (Lipinski definition) is 3. The molecule has 1 aromatic carbocycles. The number of nitrogens with zero attached hydrogens (tertiary/aromatic N) is 1. The number of hydrogen-bond donors (Lipinski definition) is 0. The summed E-state index contributed by atoms with van der Waals surface area (Å²) in [6.45, 7) is 4.23. The molecule has 0 aliphatic carbocycles. The van der Waals surface area contributed by atoms with Crippen LogP contribution in [0.1, 0.15) is 6.92 Å². The molecule has 1 aromatic rings. The van der Waals surface area contributed by atoms with Gasteiger partial charge < -0.3 is 14.4 Å². The molecule has 0 aromatic heterocycles. The molecule has 4 nitrogen and oxygen atoms in total. The first-order chi connectivity index (χ1) is 9.08. The zero-order chi connectivity index (χ0) is 13.8. The summed E-state index contributed by atoms with van der Waals surface area (Å²) in [5.74, 6) is 0.662. The molecule has 1 saturated heterocycles. The highest BCUT2D eigenvalue weighted by atomic mass is 79.9. The Labute approximate surface area is 129 Å². The summed E-state index contributed by atoms with van der Waals surface area (Å²) >= 11 is 6.80. The predicted molar refractivity (Wildman–Crippen MR) is 79.3 cm³/mol. The van der Waals surface area contributed by atoms with Gasteiger partial charge in [0.25, 0.3) is 5.91 Å². The second-order valence-electron chi connectivity index (χ2n) is 4.27. The Morgan fingerprint density at radius 1 is 1.37 bits per heavy atom. The third-order valence-corrected chi connectivity index (χ3v) is 3.98. The van der Waals surface area contributed by atoms with Gasteiger partial charge in [0.2, 0.25) is 0 Å². The number of rotatable bonds is 3. The van der Waals surface area contributed by atoms with Gasteiger partial charge in [0.15, 0.2) is 6.10 Å². The van der Waals surface area contributed by atoms with Crippen molar-refractivity contribution in [1.82, 2.24) is 4.90 Å². The topological polar surface area (TPSA) is 38.8 Å². The lowest BCUT2D eigenvalue weighted by Gasteiger charge is -2.29. The van der Waals surface area contributed by atoms with E-state index in [0.717, 1.165) is 8.95 Å². The van der Waals surface area contributed by atoms with Gasteiger partial charge in [-0.2, -0.15) is 0 Å². The molecule has 1 atom stereocenters. The Morgan fingerprint density at radius 3 is 2.68 bits per heavy atom. The molecule has 6 heteroatoms. The van der Waals surface area contributed by atoms with Gasteiger partial charge in [0.1, 0.15) is 5.75 Å². The van der Waals surface area contributed by atoms with Gasteiger partial charge in [0.05, 0.1) is 17.7 Å².